The fourth-order valence-electron chi connectivity index (χ4n) is 1.63. The van der Waals surface area contributed by atoms with Crippen LogP contribution < -0.4 is 10.5 Å². The van der Waals surface area contributed by atoms with Gasteiger partial charge in [0.25, 0.3) is 0 Å². The van der Waals surface area contributed by atoms with E-state index >= 15 is 0 Å². The molecule has 0 bridgehead atoms. The third kappa shape index (κ3) is 5.47. The molecule has 1 unspecified atom stereocenters. The van der Waals surface area contributed by atoms with Crippen molar-refractivity contribution in [3.8, 4) is 5.75 Å². The summed E-state index contributed by atoms with van der Waals surface area (Å²) in [6.45, 7) is 6.80. The van der Waals surface area contributed by atoms with Gasteiger partial charge in [-0.3, -0.25) is 0 Å². The number of halogens is 1. The zero-order valence-corrected chi connectivity index (χ0v) is 11.3. The molecule has 0 heterocycles. The van der Waals surface area contributed by atoms with E-state index in [0.29, 0.717) is 25.4 Å². The summed E-state index contributed by atoms with van der Waals surface area (Å²) in [6.07, 6.45) is 0.781. The van der Waals surface area contributed by atoms with Gasteiger partial charge in [0.15, 0.2) is 0 Å². The minimum atomic E-state index is -0.267. The van der Waals surface area contributed by atoms with Crippen molar-refractivity contribution >= 4 is 0 Å². The molecule has 0 saturated heterocycles. The van der Waals surface area contributed by atoms with Crippen LogP contribution in [-0.4, -0.2) is 25.4 Å². The number of ether oxygens (including phenoxy) is 2. The van der Waals surface area contributed by atoms with Crippen molar-refractivity contribution in [1.82, 2.24) is 0 Å². The smallest absolute Gasteiger partial charge is 0.123 e. The lowest BCUT2D eigenvalue weighted by molar-refractivity contribution is 0.0550. The Morgan fingerprint density at radius 1 is 1.22 bits per heavy atom. The van der Waals surface area contributed by atoms with Gasteiger partial charge in [-0.2, -0.15) is 0 Å². The molecule has 0 saturated carbocycles. The van der Waals surface area contributed by atoms with Crippen LogP contribution in [0.1, 0.15) is 26.3 Å². The Morgan fingerprint density at radius 2 is 1.94 bits per heavy atom. The maximum Gasteiger partial charge on any atom is 0.123 e. The molecular weight excluding hydrogens is 233 g/mol. The summed E-state index contributed by atoms with van der Waals surface area (Å²) in [5.74, 6) is 0.414. The molecule has 0 aliphatic heterocycles. The van der Waals surface area contributed by atoms with Crippen molar-refractivity contribution in [2.45, 2.75) is 39.3 Å². The molecule has 0 amide bonds. The third-order valence-corrected chi connectivity index (χ3v) is 2.36. The fraction of sp³-hybridized carbons (Fsp3) is 0.571. The average Bonchev–Trinajstić information content (AvgIpc) is 2.25. The van der Waals surface area contributed by atoms with Crippen molar-refractivity contribution < 1.29 is 13.9 Å². The molecule has 102 valence electrons. The molecule has 0 aliphatic rings. The maximum atomic E-state index is 13.2. The highest BCUT2D eigenvalue weighted by Crippen LogP contribution is 2.21. The molecular formula is C14H22FNO2. The van der Waals surface area contributed by atoms with Crippen LogP contribution in [0, 0.1) is 5.82 Å². The van der Waals surface area contributed by atoms with Gasteiger partial charge < -0.3 is 15.2 Å². The van der Waals surface area contributed by atoms with Crippen molar-refractivity contribution in [1.29, 1.82) is 0 Å². The number of rotatable bonds is 7. The van der Waals surface area contributed by atoms with E-state index in [9.17, 15) is 4.39 Å². The van der Waals surface area contributed by atoms with Crippen molar-refractivity contribution in [3.05, 3.63) is 29.6 Å². The Bertz CT molecular complexity index is 367. The van der Waals surface area contributed by atoms with Gasteiger partial charge in [0.2, 0.25) is 0 Å². The number of benzene rings is 1. The number of hydrogen-bond donors (Lipinski definition) is 1. The van der Waals surface area contributed by atoms with Gasteiger partial charge in [0, 0.05) is 6.04 Å². The van der Waals surface area contributed by atoms with E-state index in [0.717, 1.165) is 5.56 Å². The van der Waals surface area contributed by atoms with Gasteiger partial charge in [-0.1, -0.05) is 0 Å². The molecule has 1 aromatic carbocycles. The zero-order chi connectivity index (χ0) is 13.5. The Kier molecular flexibility index (Phi) is 6.09. The minimum absolute atomic E-state index is 0.0268. The fourth-order valence-corrected chi connectivity index (χ4v) is 1.63. The van der Waals surface area contributed by atoms with Crippen LogP contribution >= 0.6 is 0 Å². The van der Waals surface area contributed by atoms with Crippen LogP contribution in [0.25, 0.3) is 0 Å². The van der Waals surface area contributed by atoms with Crippen LogP contribution in [0.15, 0.2) is 18.2 Å². The molecule has 1 atom stereocenters. The zero-order valence-electron chi connectivity index (χ0n) is 11.3. The van der Waals surface area contributed by atoms with Gasteiger partial charge in [-0.05, 0) is 51.0 Å². The molecule has 18 heavy (non-hydrogen) atoms. The predicted octanol–water partition coefficient (Wildman–Crippen LogP) is 2.52. The van der Waals surface area contributed by atoms with Crippen LogP contribution in [0.4, 0.5) is 4.39 Å². The second-order valence-corrected chi connectivity index (χ2v) is 4.70. The highest BCUT2D eigenvalue weighted by Gasteiger charge is 2.08. The first-order chi connectivity index (χ1) is 8.49. The van der Waals surface area contributed by atoms with Gasteiger partial charge >= 0.3 is 0 Å². The highest BCUT2D eigenvalue weighted by molar-refractivity contribution is 5.34. The minimum Gasteiger partial charge on any atom is -0.491 e. The lowest BCUT2D eigenvalue weighted by Crippen LogP contribution is -2.19. The third-order valence-electron chi connectivity index (χ3n) is 2.36. The van der Waals surface area contributed by atoms with E-state index in [-0.39, 0.29) is 18.0 Å². The Morgan fingerprint density at radius 3 is 2.56 bits per heavy atom. The lowest BCUT2D eigenvalue weighted by atomic mass is 10.1. The van der Waals surface area contributed by atoms with E-state index < -0.39 is 0 Å². The summed E-state index contributed by atoms with van der Waals surface area (Å²) in [5, 5.41) is 0. The van der Waals surface area contributed by atoms with Crippen molar-refractivity contribution in [3.63, 3.8) is 0 Å². The molecule has 0 aromatic heterocycles. The summed E-state index contributed by atoms with van der Waals surface area (Å²) in [4.78, 5) is 0. The molecule has 0 radical (unpaired) electrons. The first kappa shape index (κ1) is 14.9. The molecule has 0 spiro atoms. The second-order valence-electron chi connectivity index (χ2n) is 4.70. The Hall–Kier alpha value is -1.13. The van der Waals surface area contributed by atoms with Crippen LogP contribution in [0.5, 0.6) is 5.75 Å². The molecule has 0 aliphatic carbocycles. The maximum absolute atomic E-state index is 13.2. The van der Waals surface area contributed by atoms with Crippen molar-refractivity contribution in [2.24, 2.45) is 5.73 Å². The summed E-state index contributed by atoms with van der Waals surface area (Å²) in [7, 11) is 0. The second kappa shape index (κ2) is 7.34. The SMILES string of the molecule is CC(N)Cc1cc(F)ccc1OCCOC(C)C. The standard InChI is InChI=1S/C14H22FNO2/c1-10(2)17-6-7-18-14-5-4-13(15)9-12(14)8-11(3)16/h4-5,9-11H,6-8,16H2,1-3H3. The van der Waals surface area contributed by atoms with E-state index in [1.54, 1.807) is 6.07 Å². The first-order valence-electron chi connectivity index (χ1n) is 6.27. The molecule has 1 rings (SSSR count). The van der Waals surface area contributed by atoms with Gasteiger partial charge in [-0.15, -0.1) is 0 Å². The number of nitrogens with two attached hydrogens (primary N) is 1. The predicted molar refractivity (Wildman–Crippen MR) is 70.3 cm³/mol. The topological polar surface area (TPSA) is 44.5 Å². The Labute approximate surface area is 108 Å². The molecule has 3 nitrogen and oxygen atoms in total. The van der Waals surface area contributed by atoms with Gasteiger partial charge in [-0.25, -0.2) is 4.39 Å². The normalized spacial score (nSPS) is 12.8. The first-order valence-corrected chi connectivity index (χ1v) is 6.27. The molecule has 0 fully saturated rings. The van der Waals surface area contributed by atoms with E-state index in [1.807, 2.05) is 20.8 Å². The Balaban J connectivity index is 2.57. The van der Waals surface area contributed by atoms with Crippen LogP contribution in [-0.2, 0) is 11.2 Å². The largest absolute Gasteiger partial charge is 0.491 e. The highest BCUT2D eigenvalue weighted by atomic mass is 19.1. The van der Waals surface area contributed by atoms with Gasteiger partial charge in [0.1, 0.15) is 18.2 Å². The summed E-state index contributed by atoms with van der Waals surface area (Å²) < 4.78 is 24.2. The lowest BCUT2D eigenvalue weighted by Gasteiger charge is -2.14. The van der Waals surface area contributed by atoms with E-state index in [4.69, 9.17) is 15.2 Å². The average molecular weight is 255 g/mol. The summed E-state index contributed by atoms with van der Waals surface area (Å²) in [5.41, 5.74) is 6.54. The monoisotopic (exact) mass is 255 g/mol. The van der Waals surface area contributed by atoms with Crippen LogP contribution in [0.2, 0.25) is 0 Å². The summed E-state index contributed by atoms with van der Waals surface area (Å²) in [6, 6.07) is 4.48. The summed E-state index contributed by atoms with van der Waals surface area (Å²) >= 11 is 0. The van der Waals surface area contributed by atoms with E-state index in [2.05, 4.69) is 0 Å². The van der Waals surface area contributed by atoms with Crippen molar-refractivity contribution in [2.75, 3.05) is 13.2 Å². The van der Waals surface area contributed by atoms with Crippen LogP contribution in [0.3, 0.4) is 0 Å². The van der Waals surface area contributed by atoms with Gasteiger partial charge in [0.05, 0.1) is 12.7 Å². The molecule has 2 N–H and O–H groups in total. The van der Waals surface area contributed by atoms with E-state index in [1.165, 1.54) is 12.1 Å². The number of hydrogen-bond acceptors (Lipinski definition) is 3. The quantitative estimate of drug-likeness (QED) is 0.761. The molecule has 1 aromatic rings. The molecule has 4 heteroatoms.